The van der Waals surface area contributed by atoms with Crippen molar-refractivity contribution in [1.29, 1.82) is 0 Å². The molecule has 0 N–H and O–H groups in total. The van der Waals surface area contributed by atoms with E-state index in [1.807, 2.05) is 29.2 Å². The second-order valence-electron chi connectivity index (χ2n) is 8.23. The Kier molecular flexibility index (Phi) is 5.73. The van der Waals surface area contributed by atoms with Gasteiger partial charge in [0.1, 0.15) is 17.1 Å². The van der Waals surface area contributed by atoms with Crippen LogP contribution in [0.3, 0.4) is 0 Å². The van der Waals surface area contributed by atoms with Crippen LogP contribution in [0, 0.1) is 5.92 Å². The molecule has 1 amide bonds. The molecule has 0 spiro atoms. The molecular formula is C25H25N3O5. The summed E-state index contributed by atoms with van der Waals surface area (Å²) in [6, 6.07) is 12.7. The molecular weight excluding hydrogens is 422 g/mol. The number of likely N-dealkylation sites (tertiary alicyclic amines) is 1. The van der Waals surface area contributed by atoms with Crippen LogP contribution in [0.4, 0.5) is 0 Å². The van der Waals surface area contributed by atoms with Gasteiger partial charge in [0.2, 0.25) is 12.7 Å². The molecule has 8 heteroatoms. The number of hydrogen-bond donors (Lipinski definition) is 0. The predicted molar refractivity (Wildman–Crippen MR) is 121 cm³/mol. The van der Waals surface area contributed by atoms with E-state index in [1.165, 1.54) is 0 Å². The summed E-state index contributed by atoms with van der Waals surface area (Å²) in [5.41, 5.74) is 1.12. The van der Waals surface area contributed by atoms with Gasteiger partial charge < -0.3 is 23.8 Å². The van der Waals surface area contributed by atoms with Crippen LogP contribution in [0.2, 0.25) is 0 Å². The summed E-state index contributed by atoms with van der Waals surface area (Å²) in [4.78, 5) is 24.3. The molecule has 0 atom stereocenters. The molecule has 2 aromatic carbocycles. The van der Waals surface area contributed by atoms with Crippen molar-refractivity contribution in [3.63, 3.8) is 0 Å². The van der Waals surface area contributed by atoms with Crippen molar-refractivity contribution >= 4 is 5.91 Å². The van der Waals surface area contributed by atoms with Crippen molar-refractivity contribution in [2.24, 2.45) is 5.92 Å². The first-order valence-corrected chi connectivity index (χ1v) is 11.0. The van der Waals surface area contributed by atoms with E-state index in [-0.39, 0.29) is 18.6 Å². The van der Waals surface area contributed by atoms with Gasteiger partial charge in [-0.1, -0.05) is 6.92 Å². The Morgan fingerprint density at radius 2 is 1.76 bits per heavy atom. The average Bonchev–Trinajstić information content (AvgIpc) is 3.32. The number of methoxy groups -OCH3 is 1. The maximum Gasteiger partial charge on any atom is 0.260 e. The average molecular weight is 447 g/mol. The molecule has 33 heavy (non-hydrogen) atoms. The zero-order valence-electron chi connectivity index (χ0n) is 18.6. The third-order valence-electron chi connectivity index (χ3n) is 5.96. The van der Waals surface area contributed by atoms with E-state index in [4.69, 9.17) is 18.9 Å². The van der Waals surface area contributed by atoms with Gasteiger partial charge in [-0.05, 0) is 55.2 Å². The zero-order valence-corrected chi connectivity index (χ0v) is 18.6. The van der Waals surface area contributed by atoms with Gasteiger partial charge in [-0.3, -0.25) is 4.79 Å². The van der Waals surface area contributed by atoms with Crippen LogP contribution in [0.5, 0.6) is 28.9 Å². The van der Waals surface area contributed by atoms with Crippen molar-refractivity contribution < 1.29 is 23.7 Å². The molecule has 2 aliphatic heterocycles. The number of piperidine rings is 1. The fourth-order valence-electron chi connectivity index (χ4n) is 3.90. The second kappa shape index (κ2) is 8.97. The second-order valence-corrected chi connectivity index (χ2v) is 8.23. The number of benzene rings is 2. The molecule has 3 aromatic rings. The van der Waals surface area contributed by atoms with E-state index >= 15 is 0 Å². The van der Waals surface area contributed by atoms with Crippen LogP contribution in [-0.2, 0) is 0 Å². The van der Waals surface area contributed by atoms with E-state index < -0.39 is 0 Å². The maximum absolute atomic E-state index is 13.3. The van der Waals surface area contributed by atoms with E-state index in [1.54, 1.807) is 31.5 Å². The fourth-order valence-corrected chi connectivity index (χ4v) is 3.90. The molecule has 0 unspecified atom stereocenters. The Bertz CT molecular complexity index is 1160. The lowest BCUT2D eigenvalue weighted by molar-refractivity contribution is 0.0693. The minimum Gasteiger partial charge on any atom is -0.497 e. The van der Waals surface area contributed by atoms with E-state index in [2.05, 4.69) is 16.9 Å². The van der Waals surface area contributed by atoms with Gasteiger partial charge in [-0.2, -0.15) is 4.98 Å². The molecule has 0 aliphatic carbocycles. The van der Waals surface area contributed by atoms with Crippen LogP contribution in [-0.4, -0.2) is 47.8 Å². The molecule has 1 aromatic heterocycles. The molecule has 2 aliphatic rings. The third kappa shape index (κ3) is 4.41. The van der Waals surface area contributed by atoms with Crippen molar-refractivity contribution in [2.45, 2.75) is 19.8 Å². The smallest absolute Gasteiger partial charge is 0.260 e. The van der Waals surface area contributed by atoms with E-state index in [9.17, 15) is 4.79 Å². The van der Waals surface area contributed by atoms with Gasteiger partial charge >= 0.3 is 0 Å². The van der Waals surface area contributed by atoms with E-state index in [0.29, 0.717) is 47.6 Å². The SMILES string of the molecule is COc1ccc(-c2ncc(C(=O)N3CCC(C)CC3)c(Oc3ccc4c(c3)OCO4)n2)cc1. The van der Waals surface area contributed by atoms with Crippen molar-refractivity contribution in [2.75, 3.05) is 27.0 Å². The summed E-state index contributed by atoms with van der Waals surface area (Å²) in [5.74, 6) is 3.64. The quantitative estimate of drug-likeness (QED) is 0.568. The fraction of sp³-hybridized carbons (Fsp3) is 0.320. The van der Waals surface area contributed by atoms with Gasteiger partial charge in [0.25, 0.3) is 5.91 Å². The largest absolute Gasteiger partial charge is 0.497 e. The Morgan fingerprint density at radius 3 is 2.52 bits per heavy atom. The number of rotatable bonds is 5. The van der Waals surface area contributed by atoms with Gasteiger partial charge in [0, 0.05) is 30.9 Å². The first kappa shape index (κ1) is 21.1. The molecule has 8 nitrogen and oxygen atoms in total. The molecule has 3 heterocycles. The number of amides is 1. The van der Waals surface area contributed by atoms with Gasteiger partial charge in [-0.15, -0.1) is 0 Å². The normalized spacial score (nSPS) is 15.4. The van der Waals surface area contributed by atoms with Crippen molar-refractivity contribution in [1.82, 2.24) is 14.9 Å². The van der Waals surface area contributed by atoms with Crippen molar-refractivity contribution in [3.8, 4) is 40.3 Å². The summed E-state index contributed by atoms with van der Waals surface area (Å²) in [6.45, 7) is 3.81. The summed E-state index contributed by atoms with van der Waals surface area (Å²) in [5, 5.41) is 0. The number of fused-ring (bicyclic) bond motifs is 1. The minimum atomic E-state index is -0.126. The van der Waals surface area contributed by atoms with Crippen LogP contribution < -0.4 is 18.9 Å². The third-order valence-corrected chi connectivity index (χ3v) is 5.96. The van der Waals surface area contributed by atoms with Gasteiger partial charge in [0.05, 0.1) is 7.11 Å². The number of nitrogens with zero attached hydrogens (tertiary/aromatic N) is 3. The highest BCUT2D eigenvalue weighted by Crippen LogP contribution is 2.37. The summed E-state index contributed by atoms with van der Waals surface area (Å²) in [7, 11) is 1.62. The van der Waals surface area contributed by atoms with Crippen LogP contribution in [0.25, 0.3) is 11.4 Å². The zero-order chi connectivity index (χ0) is 22.8. The monoisotopic (exact) mass is 447 g/mol. The summed E-state index contributed by atoms with van der Waals surface area (Å²) < 4.78 is 22.2. The molecule has 0 saturated carbocycles. The summed E-state index contributed by atoms with van der Waals surface area (Å²) in [6.07, 6.45) is 3.51. The van der Waals surface area contributed by atoms with E-state index in [0.717, 1.165) is 24.2 Å². The molecule has 170 valence electrons. The lowest BCUT2D eigenvalue weighted by Gasteiger charge is -2.30. The first-order valence-electron chi connectivity index (χ1n) is 11.0. The highest BCUT2D eigenvalue weighted by molar-refractivity contribution is 5.96. The van der Waals surface area contributed by atoms with Crippen LogP contribution in [0.15, 0.2) is 48.7 Å². The number of ether oxygens (including phenoxy) is 4. The number of carbonyl (C=O) groups is 1. The number of hydrogen-bond acceptors (Lipinski definition) is 7. The Labute approximate surface area is 192 Å². The summed E-state index contributed by atoms with van der Waals surface area (Å²) >= 11 is 0. The minimum absolute atomic E-state index is 0.126. The van der Waals surface area contributed by atoms with Crippen LogP contribution in [0.1, 0.15) is 30.1 Å². The first-order chi connectivity index (χ1) is 16.1. The van der Waals surface area contributed by atoms with Gasteiger partial charge in [-0.25, -0.2) is 4.98 Å². The number of aromatic nitrogens is 2. The standard InChI is InChI=1S/C25H25N3O5/c1-16-9-11-28(12-10-16)25(29)20-14-26-23(17-3-5-18(30-2)6-4-17)27-24(20)33-19-7-8-21-22(13-19)32-15-31-21/h3-8,13-14,16H,9-12,15H2,1-2H3. The van der Waals surface area contributed by atoms with Crippen LogP contribution >= 0.6 is 0 Å². The molecule has 0 bridgehead atoms. The Balaban J connectivity index is 1.49. The predicted octanol–water partition coefficient (Wildman–Crippen LogP) is 4.55. The molecule has 0 radical (unpaired) electrons. The Morgan fingerprint density at radius 1 is 1.03 bits per heavy atom. The number of carbonyl (C=O) groups excluding carboxylic acids is 1. The maximum atomic E-state index is 13.3. The van der Waals surface area contributed by atoms with Gasteiger partial charge in [0.15, 0.2) is 17.3 Å². The van der Waals surface area contributed by atoms with Crippen molar-refractivity contribution in [3.05, 3.63) is 54.2 Å². The molecule has 1 saturated heterocycles. The molecule has 5 rings (SSSR count). The lowest BCUT2D eigenvalue weighted by Crippen LogP contribution is -2.38. The highest BCUT2D eigenvalue weighted by atomic mass is 16.7. The Hall–Kier alpha value is -3.81. The molecule has 1 fully saturated rings. The topological polar surface area (TPSA) is 83.0 Å². The highest BCUT2D eigenvalue weighted by Gasteiger charge is 2.26. The lowest BCUT2D eigenvalue weighted by atomic mass is 9.99.